The van der Waals surface area contributed by atoms with Gasteiger partial charge in [-0.2, -0.15) is 0 Å². The van der Waals surface area contributed by atoms with Gasteiger partial charge in [0.2, 0.25) is 0 Å². The fourth-order valence-corrected chi connectivity index (χ4v) is 4.08. The van der Waals surface area contributed by atoms with Gasteiger partial charge in [0.25, 0.3) is 0 Å². The van der Waals surface area contributed by atoms with E-state index in [-0.39, 0.29) is 11.2 Å². The van der Waals surface area contributed by atoms with E-state index in [4.69, 9.17) is 5.73 Å². The fourth-order valence-electron chi connectivity index (χ4n) is 3.46. The first-order valence-corrected chi connectivity index (χ1v) is 8.67. The van der Waals surface area contributed by atoms with Gasteiger partial charge < -0.3 is 5.73 Å². The summed E-state index contributed by atoms with van der Waals surface area (Å²) in [4.78, 5) is 0. The van der Waals surface area contributed by atoms with Crippen LogP contribution in [-0.2, 0) is 5.41 Å². The largest absolute Gasteiger partial charge is 0.405 e. The maximum absolute atomic E-state index is 13.8. The van der Waals surface area contributed by atoms with Crippen LogP contribution in [0.3, 0.4) is 0 Å². The number of halogens is 2. The second-order valence-electron chi connectivity index (χ2n) is 6.29. The van der Waals surface area contributed by atoms with E-state index in [0.717, 1.165) is 22.3 Å². The van der Waals surface area contributed by atoms with Crippen LogP contribution in [0.4, 0.5) is 4.39 Å². The van der Waals surface area contributed by atoms with E-state index in [1.54, 1.807) is 18.3 Å². The first-order chi connectivity index (χ1) is 10.9. The monoisotopic (exact) mass is 419 g/mol. The van der Waals surface area contributed by atoms with Gasteiger partial charge >= 0.3 is 0 Å². The van der Waals surface area contributed by atoms with Crippen molar-refractivity contribution in [1.29, 1.82) is 0 Å². The molecule has 118 valence electrons. The fraction of sp³-hybridized carbons (Fsp3) is 0.200. The lowest BCUT2D eigenvalue weighted by Gasteiger charge is -2.22. The van der Waals surface area contributed by atoms with Crippen LogP contribution in [0.25, 0.3) is 16.7 Å². The first-order valence-electron chi connectivity index (χ1n) is 7.59. The Morgan fingerprint density at radius 2 is 1.91 bits per heavy atom. The molecule has 1 aliphatic carbocycles. The molecule has 0 fully saturated rings. The molecule has 0 heterocycles. The lowest BCUT2D eigenvalue weighted by Crippen LogP contribution is -2.15. The maximum Gasteiger partial charge on any atom is 0.123 e. The highest BCUT2D eigenvalue weighted by Gasteiger charge is 2.37. The van der Waals surface area contributed by atoms with Crippen molar-refractivity contribution >= 4 is 28.2 Å². The number of rotatable bonds is 2. The van der Waals surface area contributed by atoms with Crippen LogP contribution in [-0.4, -0.2) is 0 Å². The summed E-state index contributed by atoms with van der Waals surface area (Å²) in [6, 6.07) is 9.48. The quantitative estimate of drug-likeness (QED) is 0.497. The van der Waals surface area contributed by atoms with Crippen molar-refractivity contribution in [2.45, 2.75) is 26.2 Å². The van der Waals surface area contributed by atoms with Crippen molar-refractivity contribution in [1.82, 2.24) is 0 Å². The van der Waals surface area contributed by atoms with Gasteiger partial charge in [0.15, 0.2) is 0 Å². The summed E-state index contributed by atoms with van der Waals surface area (Å²) >= 11 is 2.34. The molecule has 0 aliphatic heterocycles. The van der Waals surface area contributed by atoms with Gasteiger partial charge in [-0.3, -0.25) is 0 Å². The van der Waals surface area contributed by atoms with E-state index in [0.29, 0.717) is 0 Å². The van der Waals surface area contributed by atoms with Gasteiger partial charge in [-0.1, -0.05) is 26.0 Å². The van der Waals surface area contributed by atoms with E-state index < -0.39 is 0 Å². The van der Waals surface area contributed by atoms with Crippen LogP contribution in [0.5, 0.6) is 0 Å². The van der Waals surface area contributed by atoms with Crippen LogP contribution >= 0.6 is 22.6 Å². The Morgan fingerprint density at radius 3 is 2.57 bits per heavy atom. The van der Waals surface area contributed by atoms with Crippen molar-refractivity contribution in [2.75, 3.05) is 0 Å². The van der Waals surface area contributed by atoms with Crippen LogP contribution in [0.2, 0.25) is 0 Å². The van der Waals surface area contributed by atoms with Gasteiger partial charge in [0.1, 0.15) is 5.82 Å². The third kappa shape index (κ3) is 2.51. The predicted molar refractivity (Wildman–Crippen MR) is 104 cm³/mol. The zero-order chi connectivity index (χ0) is 16.8. The van der Waals surface area contributed by atoms with Crippen molar-refractivity contribution in [3.63, 3.8) is 0 Å². The van der Waals surface area contributed by atoms with E-state index in [1.807, 2.05) is 19.1 Å². The summed E-state index contributed by atoms with van der Waals surface area (Å²) < 4.78 is 15.0. The highest BCUT2D eigenvalue weighted by molar-refractivity contribution is 14.1. The molecule has 3 heteroatoms. The number of hydrogen-bond donors (Lipinski definition) is 1. The summed E-state index contributed by atoms with van der Waals surface area (Å²) in [6.07, 6.45) is 5.54. The minimum Gasteiger partial charge on any atom is -0.405 e. The zero-order valence-electron chi connectivity index (χ0n) is 13.5. The van der Waals surface area contributed by atoms with Crippen molar-refractivity contribution in [3.05, 3.63) is 74.8 Å². The molecule has 23 heavy (non-hydrogen) atoms. The van der Waals surface area contributed by atoms with Gasteiger partial charge in [0, 0.05) is 8.99 Å². The molecule has 3 rings (SSSR count). The number of allylic oxidation sites excluding steroid dienone is 3. The molecular weight excluding hydrogens is 400 g/mol. The third-order valence-electron chi connectivity index (χ3n) is 4.60. The van der Waals surface area contributed by atoms with Gasteiger partial charge in [-0.05, 0) is 99.4 Å². The second-order valence-corrected chi connectivity index (χ2v) is 7.54. The molecule has 2 aromatic carbocycles. The standard InChI is InChI=1S/C20H19FIN/c1-4-12(7-8-23)16-10-14(22)11-18-19(16)15-6-5-13(21)9-17(15)20(18,2)3/h4-11H,23H2,1-3H3/b8-7-,12-4+. The molecule has 0 aromatic heterocycles. The van der Waals surface area contributed by atoms with E-state index in [9.17, 15) is 4.39 Å². The Balaban J connectivity index is 2.40. The SMILES string of the molecule is C/C=C(\C=C/N)c1cc(I)cc2c1-c1ccc(F)cc1C2(C)C. The molecule has 0 atom stereocenters. The first kappa shape index (κ1) is 16.2. The average Bonchev–Trinajstić information content (AvgIpc) is 2.72. The lowest BCUT2D eigenvalue weighted by atomic mass is 9.82. The summed E-state index contributed by atoms with van der Waals surface area (Å²) in [7, 11) is 0. The van der Waals surface area contributed by atoms with Crippen molar-refractivity contribution in [3.8, 4) is 11.1 Å². The zero-order valence-corrected chi connectivity index (χ0v) is 15.6. The molecule has 0 amide bonds. The van der Waals surface area contributed by atoms with E-state index in [2.05, 4.69) is 54.6 Å². The molecule has 2 N–H and O–H groups in total. The van der Waals surface area contributed by atoms with Crippen molar-refractivity contribution in [2.24, 2.45) is 5.73 Å². The molecule has 0 saturated carbocycles. The minimum atomic E-state index is -0.214. The lowest BCUT2D eigenvalue weighted by molar-refractivity contribution is 0.609. The van der Waals surface area contributed by atoms with Crippen LogP contribution in [0.15, 0.2) is 48.7 Å². The minimum absolute atomic E-state index is 0.186. The van der Waals surface area contributed by atoms with E-state index >= 15 is 0 Å². The van der Waals surface area contributed by atoms with Crippen LogP contribution in [0.1, 0.15) is 37.5 Å². The summed E-state index contributed by atoms with van der Waals surface area (Å²) in [5.74, 6) is -0.186. The second kappa shape index (κ2) is 5.78. The summed E-state index contributed by atoms with van der Waals surface area (Å²) in [5, 5.41) is 0. The Bertz CT molecular complexity index is 847. The highest BCUT2D eigenvalue weighted by atomic mass is 127. The molecule has 0 spiro atoms. The number of nitrogens with two attached hydrogens (primary N) is 1. The normalized spacial score (nSPS) is 15.8. The van der Waals surface area contributed by atoms with Gasteiger partial charge in [-0.15, -0.1) is 0 Å². The number of hydrogen-bond acceptors (Lipinski definition) is 1. The Kier molecular flexibility index (Phi) is 4.08. The molecule has 1 nitrogen and oxygen atoms in total. The molecule has 0 bridgehead atoms. The molecular formula is C20H19FIN. The maximum atomic E-state index is 13.8. The molecule has 0 saturated heterocycles. The number of benzene rings is 2. The van der Waals surface area contributed by atoms with Crippen LogP contribution < -0.4 is 5.73 Å². The Morgan fingerprint density at radius 1 is 1.17 bits per heavy atom. The average molecular weight is 419 g/mol. The summed E-state index contributed by atoms with van der Waals surface area (Å²) in [5.41, 5.74) is 12.2. The van der Waals surface area contributed by atoms with Gasteiger partial charge in [0.05, 0.1) is 0 Å². The van der Waals surface area contributed by atoms with Crippen LogP contribution in [0, 0.1) is 9.39 Å². The van der Waals surface area contributed by atoms with Crippen molar-refractivity contribution < 1.29 is 4.39 Å². The highest BCUT2D eigenvalue weighted by Crippen LogP contribution is 2.51. The summed E-state index contributed by atoms with van der Waals surface area (Å²) in [6.45, 7) is 6.32. The van der Waals surface area contributed by atoms with E-state index in [1.165, 1.54) is 14.7 Å². The predicted octanol–water partition coefficient (Wildman–Crippen LogP) is 5.61. The Labute approximate surface area is 150 Å². The molecule has 2 aromatic rings. The third-order valence-corrected chi connectivity index (χ3v) is 5.22. The smallest absolute Gasteiger partial charge is 0.123 e. The number of fused-ring (bicyclic) bond motifs is 3. The topological polar surface area (TPSA) is 26.0 Å². The molecule has 0 unspecified atom stereocenters. The van der Waals surface area contributed by atoms with Gasteiger partial charge in [-0.25, -0.2) is 4.39 Å². The molecule has 0 radical (unpaired) electrons. The molecule has 1 aliphatic rings. The Hall–Kier alpha value is -1.62.